The van der Waals surface area contributed by atoms with Gasteiger partial charge < -0.3 is 4.74 Å². The van der Waals surface area contributed by atoms with Gasteiger partial charge in [0.1, 0.15) is 11.1 Å². The molecule has 0 bridgehead atoms. The number of benzene rings is 3. The first kappa shape index (κ1) is 19.7. The fourth-order valence-corrected chi connectivity index (χ4v) is 3.34. The lowest BCUT2D eigenvalue weighted by Crippen LogP contribution is -2.51. The van der Waals surface area contributed by atoms with Gasteiger partial charge in [-0.25, -0.2) is 5.43 Å². The Morgan fingerprint density at radius 3 is 1.36 bits per heavy atom. The Morgan fingerprint density at radius 2 is 1.04 bits per heavy atom. The number of hydrazine groups is 1. The van der Waals surface area contributed by atoms with Crippen molar-refractivity contribution in [3.8, 4) is 0 Å². The molecule has 2 N–H and O–H groups in total. The zero-order valence-corrected chi connectivity index (χ0v) is 16.8. The van der Waals surface area contributed by atoms with Gasteiger partial charge in [-0.05, 0) is 44.0 Å². The van der Waals surface area contributed by atoms with Crippen LogP contribution in [0.25, 0.3) is 0 Å². The van der Waals surface area contributed by atoms with Gasteiger partial charge in [0.2, 0.25) is 0 Å². The predicted molar refractivity (Wildman–Crippen MR) is 115 cm³/mol. The smallest absolute Gasteiger partial charge is 0.194 e. The van der Waals surface area contributed by atoms with E-state index in [1.807, 2.05) is 39.0 Å². The third-order valence-electron chi connectivity index (χ3n) is 4.44. The molecule has 0 saturated heterocycles. The Balaban J connectivity index is 2.10. The topological polar surface area (TPSA) is 33.3 Å². The van der Waals surface area contributed by atoms with E-state index < -0.39 is 5.54 Å². The van der Waals surface area contributed by atoms with Gasteiger partial charge in [-0.1, -0.05) is 91.0 Å². The van der Waals surface area contributed by atoms with E-state index >= 15 is 0 Å². The first-order valence-corrected chi connectivity index (χ1v) is 9.49. The molecule has 0 aromatic heterocycles. The number of hydrogen-bond acceptors (Lipinski definition) is 3. The highest BCUT2D eigenvalue weighted by molar-refractivity contribution is 5.49. The summed E-state index contributed by atoms with van der Waals surface area (Å²) in [6.45, 7) is 10.0. The maximum atomic E-state index is 5.87. The minimum atomic E-state index is -0.617. The van der Waals surface area contributed by atoms with Crippen LogP contribution in [0.15, 0.2) is 103 Å². The SMILES string of the molecule is C=C(NNC(c1ccccc1)(c1ccccc1)c1ccccc1)OC(C)(C)C. The molecule has 3 nitrogen and oxygen atoms in total. The maximum absolute atomic E-state index is 5.87. The highest BCUT2D eigenvalue weighted by Gasteiger charge is 2.36. The summed E-state index contributed by atoms with van der Waals surface area (Å²) in [5, 5.41) is 0. The molecule has 3 aromatic carbocycles. The van der Waals surface area contributed by atoms with Gasteiger partial charge in [0.25, 0.3) is 0 Å². The summed E-state index contributed by atoms with van der Waals surface area (Å²) >= 11 is 0. The lowest BCUT2D eigenvalue weighted by atomic mass is 9.77. The number of rotatable bonds is 7. The van der Waals surface area contributed by atoms with E-state index in [9.17, 15) is 0 Å². The van der Waals surface area contributed by atoms with E-state index in [2.05, 4.69) is 90.2 Å². The lowest BCUT2D eigenvalue weighted by molar-refractivity contribution is 0.0352. The second-order valence-electron chi connectivity index (χ2n) is 7.74. The van der Waals surface area contributed by atoms with Gasteiger partial charge in [-0.3, -0.25) is 5.43 Å². The van der Waals surface area contributed by atoms with Crippen molar-refractivity contribution >= 4 is 0 Å². The molecule has 0 heterocycles. The van der Waals surface area contributed by atoms with Crippen LogP contribution in [0, 0.1) is 0 Å². The molecule has 3 rings (SSSR count). The molecule has 3 aromatic rings. The Morgan fingerprint density at radius 1 is 0.679 bits per heavy atom. The zero-order valence-electron chi connectivity index (χ0n) is 16.8. The van der Waals surface area contributed by atoms with Crippen LogP contribution < -0.4 is 10.9 Å². The van der Waals surface area contributed by atoms with Gasteiger partial charge in [0, 0.05) is 0 Å². The van der Waals surface area contributed by atoms with Crippen LogP contribution in [0.5, 0.6) is 0 Å². The van der Waals surface area contributed by atoms with Crippen LogP contribution in [0.4, 0.5) is 0 Å². The van der Waals surface area contributed by atoms with Crippen molar-refractivity contribution in [2.45, 2.75) is 31.9 Å². The predicted octanol–water partition coefficient (Wildman–Crippen LogP) is 5.36. The average Bonchev–Trinajstić information content (AvgIpc) is 2.70. The van der Waals surface area contributed by atoms with Crippen molar-refractivity contribution < 1.29 is 4.74 Å². The summed E-state index contributed by atoms with van der Waals surface area (Å²) in [6.07, 6.45) is 0. The molecule has 0 spiro atoms. The van der Waals surface area contributed by atoms with E-state index in [-0.39, 0.29) is 5.60 Å². The fraction of sp³-hybridized carbons (Fsp3) is 0.200. The molecule has 0 fully saturated rings. The summed E-state index contributed by atoms with van der Waals surface area (Å²) in [4.78, 5) is 0. The van der Waals surface area contributed by atoms with Gasteiger partial charge in [0.05, 0.1) is 0 Å². The van der Waals surface area contributed by atoms with Crippen LogP contribution in [0.1, 0.15) is 37.5 Å². The molecule has 0 aliphatic rings. The van der Waals surface area contributed by atoms with Crippen molar-refractivity contribution in [3.05, 3.63) is 120 Å². The highest BCUT2D eigenvalue weighted by atomic mass is 16.5. The van der Waals surface area contributed by atoms with E-state index in [1.165, 1.54) is 0 Å². The molecular weight excluding hydrogens is 344 g/mol. The van der Waals surface area contributed by atoms with Gasteiger partial charge in [-0.2, -0.15) is 0 Å². The third-order valence-corrected chi connectivity index (χ3v) is 4.44. The molecule has 3 heteroatoms. The molecule has 28 heavy (non-hydrogen) atoms. The highest BCUT2D eigenvalue weighted by Crippen LogP contribution is 2.36. The minimum absolute atomic E-state index is 0.333. The Bertz CT molecular complexity index is 787. The van der Waals surface area contributed by atoms with Gasteiger partial charge >= 0.3 is 0 Å². The van der Waals surface area contributed by atoms with Crippen molar-refractivity contribution in [1.82, 2.24) is 10.9 Å². The average molecular weight is 373 g/mol. The minimum Gasteiger partial charge on any atom is -0.473 e. The maximum Gasteiger partial charge on any atom is 0.194 e. The van der Waals surface area contributed by atoms with Crippen molar-refractivity contribution in [1.29, 1.82) is 0 Å². The Labute approximate surface area is 168 Å². The van der Waals surface area contributed by atoms with Crippen LogP contribution in [0.3, 0.4) is 0 Å². The zero-order chi connectivity index (χ0) is 20.0. The quantitative estimate of drug-likeness (QED) is 0.333. The molecule has 0 saturated carbocycles. The fourth-order valence-electron chi connectivity index (χ4n) is 3.34. The molecule has 144 valence electrons. The normalized spacial score (nSPS) is 11.7. The molecule has 0 aliphatic carbocycles. The molecular formula is C25H28N2O. The molecule has 0 atom stereocenters. The summed E-state index contributed by atoms with van der Waals surface area (Å²) < 4.78 is 5.87. The largest absolute Gasteiger partial charge is 0.473 e. The molecule has 0 unspecified atom stereocenters. The summed E-state index contributed by atoms with van der Waals surface area (Å²) in [5.74, 6) is 0.472. The van der Waals surface area contributed by atoms with Gasteiger partial charge in [0.15, 0.2) is 5.88 Å². The first-order valence-electron chi connectivity index (χ1n) is 9.49. The lowest BCUT2D eigenvalue weighted by Gasteiger charge is -2.38. The second-order valence-corrected chi connectivity index (χ2v) is 7.74. The van der Waals surface area contributed by atoms with Crippen LogP contribution in [-0.2, 0) is 10.3 Å². The van der Waals surface area contributed by atoms with Crippen molar-refractivity contribution in [3.63, 3.8) is 0 Å². The third kappa shape index (κ3) is 4.44. The number of ether oxygens (including phenoxy) is 1. The first-order chi connectivity index (χ1) is 13.4. The summed E-state index contributed by atoms with van der Waals surface area (Å²) in [5.41, 5.74) is 9.13. The Hall–Kier alpha value is -3.04. The van der Waals surface area contributed by atoms with E-state index in [0.717, 1.165) is 16.7 Å². The van der Waals surface area contributed by atoms with Crippen molar-refractivity contribution in [2.24, 2.45) is 0 Å². The monoisotopic (exact) mass is 372 g/mol. The van der Waals surface area contributed by atoms with E-state index in [1.54, 1.807) is 0 Å². The van der Waals surface area contributed by atoms with Gasteiger partial charge in [-0.15, -0.1) is 0 Å². The number of hydrogen-bond donors (Lipinski definition) is 2. The van der Waals surface area contributed by atoms with Crippen LogP contribution in [0.2, 0.25) is 0 Å². The molecule has 0 radical (unpaired) electrons. The van der Waals surface area contributed by atoms with Crippen LogP contribution in [-0.4, -0.2) is 5.60 Å². The second kappa shape index (κ2) is 8.32. The summed E-state index contributed by atoms with van der Waals surface area (Å²) in [6, 6.07) is 31.2. The molecule has 0 aliphatic heterocycles. The van der Waals surface area contributed by atoms with Crippen LogP contribution >= 0.6 is 0 Å². The van der Waals surface area contributed by atoms with Crippen molar-refractivity contribution in [2.75, 3.05) is 0 Å². The van der Waals surface area contributed by atoms with E-state index in [4.69, 9.17) is 4.74 Å². The van der Waals surface area contributed by atoms with E-state index in [0.29, 0.717) is 5.88 Å². The standard InChI is InChI=1S/C25H28N2O/c1-20(28-24(2,3)4)26-27-25(21-14-8-5-9-15-21,22-16-10-6-11-17-22)23-18-12-7-13-19-23/h5-19,26-27H,1H2,2-4H3. The summed E-state index contributed by atoms with van der Waals surface area (Å²) in [7, 11) is 0. The Kier molecular flexibility index (Phi) is 5.86. The molecule has 0 amide bonds. The number of nitrogens with one attached hydrogen (secondary N) is 2.